The Labute approximate surface area is 120 Å². The van der Waals surface area contributed by atoms with E-state index in [1.165, 1.54) is 20.2 Å². The predicted octanol–water partition coefficient (Wildman–Crippen LogP) is 4.92. The number of hydrogen-bond acceptors (Lipinski definition) is 3. The lowest BCUT2D eigenvalue weighted by Crippen LogP contribution is -1.88. The van der Waals surface area contributed by atoms with Gasteiger partial charge in [0.15, 0.2) is 0 Å². The third-order valence-corrected chi connectivity index (χ3v) is 4.82. The van der Waals surface area contributed by atoms with Crippen molar-refractivity contribution in [3.8, 4) is 0 Å². The van der Waals surface area contributed by atoms with E-state index in [0.29, 0.717) is 0 Å². The summed E-state index contributed by atoms with van der Waals surface area (Å²) in [5, 5.41) is 13.0. The van der Waals surface area contributed by atoms with Gasteiger partial charge in [0, 0.05) is 26.2 Å². The number of aryl methyl sites for hydroxylation is 2. The Morgan fingerprint density at radius 3 is 2.75 bits per heavy atom. The van der Waals surface area contributed by atoms with Crippen molar-refractivity contribution in [1.29, 1.82) is 0 Å². The van der Waals surface area contributed by atoms with Crippen molar-refractivity contribution >= 4 is 37.6 Å². The van der Waals surface area contributed by atoms with Crippen LogP contribution in [0.25, 0.3) is 26.2 Å². The molecule has 0 aliphatic rings. The third-order valence-electron chi connectivity index (χ3n) is 3.51. The summed E-state index contributed by atoms with van der Waals surface area (Å²) >= 11 is 1.78. The van der Waals surface area contributed by atoms with Gasteiger partial charge in [-0.3, -0.25) is 10.1 Å². The highest BCUT2D eigenvalue weighted by atomic mass is 32.1. The highest BCUT2D eigenvalue weighted by Gasteiger charge is 2.12. The van der Waals surface area contributed by atoms with Gasteiger partial charge in [0.2, 0.25) is 6.20 Å². The molecule has 0 atom stereocenters. The van der Waals surface area contributed by atoms with Crippen molar-refractivity contribution < 1.29 is 4.92 Å². The SMILES string of the molecule is Cc1cc(/C=C\[N+](=O)[O-])c(C)c2c1sc1ccccc12. The van der Waals surface area contributed by atoms with Crippen molar-refractivity contribution in [1.82, 2.24) is 0 Å². The van der Waals surface area contributed by atoms with Crippen molar-refractivity contribution in [3.05, 3.63) is 63.3 Å². The molecular formula is C16H13NO2S. The lowest BCUT2D eigenvalue weighted by molar-refractivity contribution is -0.400. The van der Waals surface area contributed by atoms with E-state index < -0.39 is 4.92 Å². The second-order valence-electron chi connectivity index (χ2n) is 4.81. The van der Waals surface area contributed by atoms with Gasteiger partial charge in [-0.2, -0.15) is 0 Å². The molecule has 0 saturated heterocycles. The van der Waals surface area contributed by atoms with E-state index in [4.69, 9.17) is 0 Å². The van der Waals surface area contributed by atoms with Gasteiger partial charge < -0.3 is 0 Å². The lowest BCUT2D eigenvalue weighted by atomic mass is 9.99. The molecule has 3 rings (SSSR count). The fraction of sp³-hybridized carbons (Fsp3) is 0.125. The summed E-state index contributed by atoms with van der Waals surface area (Å²) in [4.78, 5) is 10.1. The van der Waals surface area contributed by atoms with Crippen LogP contribution >= 0.6 is 11.3 Å². The molecule has 0 saturated carbocycles. The molecule has 1 heterocycles. The second kappa shape index (κ2) is 4.72. The van der Waals surface area contributed by atoms with E-state index in [1.54, 1.807) is 17.4 Å². The first kappa shape index (κ1) is 12.8. The highest BCUT2D eigenvalue weighted by molar-refractivity contribution is 7.26. The molecule has 1 aromatic heterocycles. The molecular weight excluding hydrogens is 270 g/mol. The van der Waals surface area contributed by atoms with Gasteiger partial charge in [-0.1, -0.05) is 24.3 Å². The van der Waals surface area contributed by atoms with Crippen molar-refractivity contribution in [3.63, 3.8) is 0 Å². The van der Waals surface area contributed by atoms with Crippen LogP contribution in [-0.4, -0.2) is 4.92 Å². The summed E-state index contributed by atoms with van der Waals surface area (Å²) < 4.78 is 2.52. The fourth-order valence-corrected chi connectivity index (χ4v) is 3.79. The van der Waals surface area contributed by atoms with Crippen LogP contribution in [0.5, 0.6) is 0 Å². The minimum atomic E-state index is -0.426. The van der Waals surface area contributed by atoms with Crippen LogP contribution in [0.1, 0.15) is 16.7 Å². The van der Waals surface area contributed by atoms with Crippen LogP contribution in [0.3, 0.4) is 0 Å². The Balaban J connectivity index is 2.38. The van der Waals surface area contributed by atoms with E-state index in [0.717, 1.165) is 22.9 Å². The molecule has 0 N–H and O–H groups in total. The van der Waals surface area contributed by atoms with Crippen LogP contribution in [-0.2, 0) is 0 Å². The predicted molar refractivity (Wildman–Crippen MR) is 84.8 cm³/mol. The Morgan fingerprint density at radius 2 is 2.00 bits per heavy atom. The molecule has 0 bridgehead atoms. The zero-order valence-corrected chi connectivity index (χ0v) is 12.0. The zero-order chi connectivity index (χ0) is 14.3. The summed E-state index contributed by atoms with van der Waals surface area (Å²) in [5.41, 5.74) is 3.17. The molecule has 3 nitrogen and oxygen atoms in total. The van der Waals surface area contributed by atoms with E-state index in [2.05, 4.69) is 19.1 Å². The van der Waals surface area contributed by atoms with Gasteiger partial charge in [-0.25, -0.2) is 0 Å². The second-order valence-corrected chi connectivity index (χ2v) is 5.86. The van der Waals surface area contributed by atoms with Gasteiger partial charge in [-0.15, -0.1) is 11.3 Å². The monoisotopic (exact) mass is 283 g/mol. The first-order chi connectivity index (χ1) is 9.58. The molecule has 0 aliphatic heterocycles. The maximum atomic E-state index is 10.5. The Kier molecular flexibility index (Phi) is 3.03. The lowest BCUT2D eigenvalue weighted by Gasteiger charge is -2.05. The van der Waals surface area contributed by atoms with Crippen LogP contribution in [0.15, 0.2) is 36.5 Å². The maximum Gasteiger partial charge on any atom is 0.235 e. The first-order valence-corrected chi connectivity index (χ1v) is 7.12. The van der Waals surface area contributed by atoms with Crippen molar-refractivity contribution in [2.75, 3.05) is 0 Å². The Morgan fingerprint density at radius 1 is 1.25 bits per heavy atom. The Bertz CT molecular complexity index is 862. The molecule has 0 radical (unpaired) electrons. The molecule has 0 fully saturated rings. The minimum Gasteiger partial charge on any atom is -0.259 e. The molecule has 0 amide bonds. The van der Waals surface area contributed by atoms with E-state index in [-0.39, 0.29) is 0 Å². The Hall–Kier alpha value is -2.20. The van der Waals surface area contributed by atoms with Gasteiger partial charge in [0.25, 0.3) is 0 Å². The number of hydrogen-bond donors (Lipinski definition) is 0. The van der Waals surface area contributed by atoms with Crippen LogP contribution in [0.4, 0.5) is 0 Å². The third kappa shape index (κ3) is 1.98. The highest BCUT2D eigenvalue weighted by Crippen LogP contribution is 2.39. The average molecular weight is 283 g/mol. The number of benzene rings is 2. The molecule has 20 heavy (non-hydrogen) atoms. The standard InChI is InChI=1S/C16H13NO2S/c1-10-9-12(7-8-17(18)19)11(2)15-13-5-3-4-6-14(13)20-16(10)15/h3-9H,1-2H3/b8-7-. The largest absolute Gasteiger partial charge is 0.259 e. The maximum absolute atomic E-state index is 10.5. The van der Waals surface area contributed by atoms with Crippen LogP contribution in [0.2, 0.25) is 0 Å². The van der Waals surface area contributed by atoms with Gasteiger partial charge >= 0.3 is 0 Å². The molecule has 2 aromatic carbocycles. The van der Waals surface area contributed by atoms with Gasteiger partial charge in [-0.05, 0) is 36.6 Å². The molecule has 3 aromatic rings. The topological polar surface area (TPSA) is 43.1 Å². The number of rotatable bonds is 2. The quantitative estimate of drug-likeness (QED) is 0.495. The zero-order valence-electron chi connectivity index (χ0n) is 11.2. The number of nitro groups is 1. The van der Waals surface area contributed by atoms with Gasteiger partial charge in [0.05, 0.1) is 4.92 Å². The average Bonchev–Trinajstić information content (AvgIpc) is 2.81. The van der Waals surface area contributed by atoms with Gasteiger partial charge in [0.1, 0.15) is 0 Å². The summed E-state index contributed by atoms with van der Waals surface area (Å²) in [6.07, 6.45) is 2.58. The van der Waals surface area contributed by atoms with Crippen LogP contribution < -0.4 is 0 Å². The van der Waals surface area contributed by atoms with E-state index in [1.807, 2.05) is 25.1 Å². The van der Waals surface area contributed by atoms with E-state index in [9.17, 15) is 10.1 Å². The normalized spacial score (nSPS) is 11.7. The van der Waals surface area contributed by atoms with Crippen molar-refractivity contribution in [2.45, 2.75) is 13.8 Å². The first-order valence-electron chi connectivity index (χ1n) is 6.31. The smallest absolute Gasteiger partial charge is 0.235 e. The fourth-order valence-electron chi connectivity index (χ4n) is 2.56. The summed E-state index contributed by atoms with van der Waals surface area (Å²) in [6, 6.07) is 10.3. The molecule has 4 heteroatoms. The summed E-state index contributed by atoms with van der Waals surface area (Å²) in [7, 11) is 0. The number of nitrogens with zero attached hydrogens (tertiary/aromatic N) is 1. The van der Waals surface area contributed by atoms with E-state index >= 15 is 0 Å². The molecule has 0 spiro atoms. The van der Waals surface area contributed by atoms with Crippen molar-refractivity contribution in [2.24, 2.45) is 0 Å². The molecule has 100 valence electrons. The molecule has 0 unspecified atom stereocenters. The number of fused-ring (bicyclic) bond motifs is 3. The molecule has 0 aliphatic carbocycles. The summed E-state index contributed by atoms with van der Waals surface area (Å²) in [6.45, 7) is 4.08. The minimum absolute atomic E-state index is 0.426. The summed E-state index contributed by atoms with van der Waals surface area (Å²) in [5.74, 6) is 0. The number of thiophene rings is 1. The van der Waals surface area contributed by atoms with Crippen LogP contribution in [0, 0.1) is 24.0 Å².